The van der Waals surface area contributed by atoms with Crippen LogP contribution in [0.2, 0.25) is 0 Å². The molecule has 0 bridgehead atoms. The predicted molar refractivity (Wildman–Crippen MR) is 77.1 cm³/mol. The zero-order valence-corrected chi connectivity index (χ0v) is 12.4. The van der Waals surface area contributed by atoms with Gasteiger partial charge in [-0.1, -0.05) is 32.6 Å². The summed E-state index contributed by atoms with van der Waals surface area (Å²) < 4.78 is 0. The van der Waals surface area contributed by atoms with Crippen molar-refractivity contribution in [2.24, 2.45) is 17.7 Å². The first-order chi connectivity index (χ1) is 8.58. The third-order valence-electron chi connectivity index (χ3n) is 5.31. The van der Waals surface area contributed by atoms with Crippen molar-refractivity contribution in [3.63, 3.8) is 0 Å². The molecule has 3 atom stereocenters. The van der Waals surface area contributed by atoms with Gasteiger partial charge in [0.2, 0.25) is 0 Å². The molecule has 2 rings (SSSR count). The van der Waals surface area contributed by atoms with Crippen LogP contribution in [-0.2, 0) is 0 Å². The first-order valence-corrected chi connectivity index (χ1v) is 7.72. The number of hydrogen-bond acceptors (Lipinski definition) is 3. The van der Waals surface area contributed by atoms with Crippen LogP contribution >= 0.6 is 0 Å². The zero-order chi connectivity index (χ0) is 13.2. The highest BCUT2D eigenvalue weighted by Gasteiger charge is 2.43. The average molecular weight is 253 g/mol. The van der Waals surface area contributed by atoms with Crippen molar-refractivity contribution in [2.45, 2.75) is 69.9 Å². The van der Waals surface area contributed by atoms with Crippen LogP contribution in [-0.4, -0.2) is 30.6 Å². The first kappa shape index (κ1) is 14.3. The third-order valence-corrected chi connectivity index (χ3v) is 5.31. The molecule has 0 spiro atoms. The molecule has 0 saturated heterocycles. The third kappa shape index (κ3) is 3.06. The van der Waals surface area contributed by atoms with Crippen LogP contribution in [0.15, 0.2) is 0 Å². The maximum absolute atomic E-state index is 5.90. The van der Waals surface area contributed by atoms with E-state index in [0.29, 0.717) is 6.04 Å². The Balaban J connectivity index is 2.04. The molecule has 0 aromatic carbocycles. The van der Waals surface area contributed by atoms with E-state index in [1.54, 1.807) is 0 Å². The van der Waals surface area contributed by atoms with Crippen molar-refractivity contribution < 1.29 is 0 Å². The van der Waals surface area contributed by atoms with Gasteiger partial charge >= 0.3 is 0 Å². The highest BCUT2D eigenvalue weighted by atomic mass is 15.3. The van der Waals surface area contributed by atoms with E-state index < -0.39 is 0 Å². The number of hydrazine groups is 1. The number of nitrogens with zero attached hydrogens (tertiary/aromatic N) is 1. The first-order valence-electron chi connectivity index (χ1n) is 7.72. The second-order valence-corrected chi connectivity index (χ2v) is 6.94. The lowest BCUT2D eigenvalue weighted by molar-refractivity contribution is 0.0331. The molecule has 0 radical (unpaired) electrons. The fraction of sp³-hybridized carbons (Fsp3) is 1.00. The van der Waals surface area contributed by atoms with E-state index in [2.05, 4.69) is 31.3 Å². The largest absolute Gasteiger partial charge is 0.302 e. The van der Waals surface area contributed by atoms with Crippen molar-refractivity contribution in [2.75, 3.05) is 14.1 Å². The Bertz CT molecular complexity index is 262. The Labute approximate surface area is 112 Å². The second kappa shape index (κ2) is 5.89. The van der Waals surface area contributed by atoms with E-state index in [1.165, 1.54) is 51.4 Å². The quantitative estimate of drug-likeness (QED) is 0.564. The molecule has 2 aliphatic rings. The SMILES string of the molecule is CC1CCCC(C(CCC2CC2)NN)(N(C)C)C1. The standard InChI is InChI=1S/C15H31N3/c1-12-5-4-10-15(11-12,18(2)3)14(17-16)9-8-13-6-7-13/h12-14,17H,4-11,16H2,1-3H3. The molecule has 2 fully saturated rings. The maximum atomic E-state index is 5.90. The van der Waals surface area contributed by atoms with Gasteiger partial charge in [-0.2, -0.15) is 0 Å². The summed E-state index contributed by atoms with van der Waals surface area (Å²) in [5, 5.41) is 0. The van der Waals surface area contributed by atoms with Crippen molar-refractivity contribution in [1.29, 1.82) is 0 Å². The van der Waals surface area contributed by atoms with E-state index >= 15 is 0 Å². The lowest BCUT2D eigenvalue weighted by Gasteiger charge is -2.50. The van der Waals surface area contributed by atoms with Gasteiger partial charge in [0.05, 0.1) is 0 Å². The summed E-state index contributed by atoms with van der Waals surface area (Å²) in [6, 6.07) is 0.454. The Hall–Kier alpha value is -0.120. The van der Waals surface area contributed by atoms with Crippen LogP contribution in [0.3, 0.4) is 0 Å². The van der Waals surface area contributed by atoms with Gasteiger partial charge in [0.15, 0.2) is 0 Å². The summed E-state index contributed by atoms with van der Waals surface area (Å²) in [5.41, 5.74) is 3.44. The summed E-state index contributed by atoms with van der Waals surface area (Å²) in [6.07, 6.45) is 10.8. The Morgan fingerprint density at radius 3 is 2.56 bits per heavy atom. The minimum Gasteiger partial charge on any atom is -0.302 e. The Morgan fingerprint density at radius 1 is 1.33 bits per heavy atom. The zero-order valence-electron chi connectivity index (χ0n) is 12.4. The van der Waals surface area contributed by atoms with Crippen molar-refractivity contribution in [3.8, 4) is 0 Å². The van der Waals surface area contributed by atoms with Crippen LogP contribution in [0.5, 0.6) is 0 Å². The number of nitrogens with one attached hydrogen (secondary N) is 1. The monoisotopic (exact) mass is 253 g/mol. The van der Waals surface area contributed by atoms with Crippen LogP contribution in [0.1, 0.15) is 58.3 Å². The molecule has 106 valence electrons. The van der Waals surface area contributed by atoms with Crippen LogP contribution in [0.25, 0.3) is 0 Å². The van der Waals surface area contributed by atoms with E-state index in [-0.39, 0.29) is 5.54 Å². The highest BCUT2D eigenvalue weighted by Crippen LogP contribution is 2.41. The van der Waals surface area contributed by atoms with Gasteiger partial charge in [0.1, 0.15) is 0 Å². The molecule has 0 aromatic rings. The summed E-state index contributed by atoms with van der Waals surface area (Å²) in [7, 11) is 4.47. The number of rotatable bonds is 6. The average Bonchev–Trinajstić information content (AvgIpc) is 3.13. The molecule has 0 aliphatic heterocycles. The lowest BCUT2D eigenvalue weighted by atomic mass is 9.70. The maximum Gasteiger partial charge on any atom is 0.0394 e. The molecule has 2 saturated carbocycles. The Morgan fingerprint density at radius 2 is 2.06 bits per heavy atom. The normalized spacial score (nSPS) is 34.8. The smallest absolute Gasteiger partial charge is 0.0394 e. The molecular formula is C15H31N3. The minimum absolute atomic E-state index is 0.279. The van der Waals surface area contributed by atoms with E-state index in [9.17, 15) is 0 Å². The minimum atomic E-state index is 0.279. The fourth-order valence-corrected chi connectivity index (χ4v) is 3.91. The molecule has 0 aromatic heterocycles. The van der Waals surface area contributed by atoms with E-state index in [0.717, 1.165) is 11.8 Å². The van der Waals surface area contributed by atoms with Gasteiger partial charge in [-0.3, -0.25) is 11.3 Å². The van der Waals surface area contributed by atoms with Gasteiger partial charge in [-0.05, 0) is 51.6 Å². The van der Waals surface area contributed by atoms with Crippen molar-refractivity contribution in [1.82, 2.24) is 10.3 Å². The molecule has 18 heavy (non-hydrogen) atoms. The van der Waals surface area contributed by atoms with Crippen molar-refractivity contribution >= 4 is 0 Å². The number of hydrogen-bond donors (Lipinski definition) is 2. The molecule has 3 N–H and O–H groups in total. The number of nitrogens with two attached hydrogens (primary N) is 1. The summed E-state index contributed by atoms with van der Waals surface area (Å²) in [5.74, 6) is 7.73. The van der Waals surface area contributed by atoms with Gasteiger partial charge in [0.25, 0.3) is 0 Å². The molecule has 2 aliphatic carbocycles. The van der Waals surface area contributed by atoms with Gasteiger partial charge in [0, 0.05) is 11.6 Å². The fourth-order valence-electron chi connectivity index (χ4n) is 3.91. The van der Waals surface area contributed by atoms with Crippen molar-refractivity contribution in [3.05, 3.63) is 0 Å². The molecule has 0 amide bonds. The molecule has 3 unspecified atom stereocenters. The highest BCUT2D eigenvalue weighted by molar-refractivity contribution is 5.01. The summed E-state index contributed by atoms with van der Waals surface area (Å²) >= 11 is 0. The van der Waals surface area contributed by atoms with Crippen LogP contribution < -0.4 is 11.3 Å². The Kier molecular flexibility index (Phi) is 4.68. The summed E-state index contributed by atoms with van der Waals surface area (Å²) in [4.78, 5) is 2.44. The van der Waals surface area contributed by atoms with E-state index in [1.807, 2.05) is 0 Å². The van der Waals surface area contributed by atoms with Gasteiger partial charge in [-0.25, -0.2) is 0 Å². The van der Waals surface area contributed by atoms with Gasteiger partial charge < -0.3 is 4.90 Å². The number of likely N-dealkylation sites (N-methyl/N-ethyl adjacent to an activating group) is 1. The lowest BCUT2D eigenvalue weighted by Crippen LogP contribution is -2.62. The second-order valence-electron chi connectivity index (χ2n) is 6.94. The van der Waals surface area contributed by atoms with Crippen LogP contribution in [0, 0.1) is 11.8 Å². The van der Waals surface area contributed by atoms with Crippen LogP contribution in [0.4, 0.5) is 0 Å². The molecule has 3 heteroatoms. The van der Waals surface area contributed by atoms with E-state index in [4.69, 9.17) is 5.84 Å². The molecular weight excluding hydrogens is 222 g/mol. The summed E-state index contributed by atoms with van der Waals surface area (Å²) in [6.45, 7) is 2.39. The predicted octanol–water partition coefficient (Wildman–Crippen LogP) is 2.52. The molecule has 0 heterocycles. The van der Waals surface area contributed by atoms with Gasteiger partial charge in [-0.15, -0.1) is 0 Å². The molecule has 3 nitrogen and oxygen atoms in total. The topological polar surface area (TPSA) is 41.3 Å².